The van der Waals surface area contributed by atoms with Crippen molar-refractivity contribution in [1.82, 2.24) is 9.97 Å². The fourth-order valence-electron chi connectivity index (χ4n) is 1.66. The summed E-state index contributed by atoms with van der Waals surface area (Å²) < 4.78 is 0. The highest BCUT2D eigenvalue weighted by atomic mass is 32.2. The smallest absolute Gasteiger partial charge is 0.188 e. The number of rotatable bonds is 4. The van der Waals surface area contributed by atoms with Crippen LogP contribution in [-0.4, -0.2) is 9.97 Å². The van der Waals surface area contributed by atoms with E-state index in [2.05, 4.69) is 33.5 Å². The van der Waals surface area contributed by atoms with Gasteiger partial charge in [-0.05, 0) is 31.2 Å². The maximum absolute atomic E-state index is 4.41. The van der Waals surface area contributed by atoms with Gasteiger partial charge in [-0.15, -0.1) is 11.3 Å². The van der Waals surface area contributed by atoms with Crippen LogP contribution in [0.1, 0.15) is 5.69 Å². The number of nitrogens with one attached hydrogen (secondary N) is 1. The lowest BCUT2D eigenvalue weighted by Gasteiger charge is -2.04. The number of anilines is 2. The molecule has 0 saturated heterocycles. The van der Waals surface area contributed by atoms with Crippen LogP contribution in [0.25, 0.3) is 0 Å². The van der Waals surface area contributed by atoms with E-state index in [0.29, 0.717) is 0 Å². The monoisotopic (exact) mass is 299 g/mol. The minimum atomic E-state index is 0.816. The molecule has 2 aromatic heterocycles. The highest BCUT2D eigenvalue weighted by molar-refractivity contribution is 7.99. The predicted molar refractivity (Wildman–Crippen MR) is 84.9 cm³/mol. The molecule has 2 heterocycles. The van der Waals surface area contributed by atoms with Gasteiger partial charge < -0.3 is 5.32 Å². The highest BCUT2D eigenvalue weighted by Crippen LogP contribution is 2.27. The van der Waals surface area contributed by atoms with Gasteiger partial charge in [-0.2, -0.15) is 0 Å². The summed E-state index contributed by atoms with van der Waals surface area (Å²) >= 11 is 3.29. The molecule has 0 fully saturated rings. The number of nitrogens with zero attached hydrogens (tertiary/aromatic N) is 2. The Morgan fingerprint density at radius 2 is 1.90 bits per heavy atom. The third kappa shape index (κ3) is 3.37. The molecule has 0 amide bonds. The van der Waals surface area contributed by atoms with Gasteiger partial charge in [-0.25, -0.2) is 9.97 Å². The summed E-state index contributed by atoms with van der Waals surface area (Å²) in [7, 11) is 0. The van der Waals surface area contributed by atoms with Gasteiger partial charge in [-0.1, -0.05) is 30.0 Å². The molecule has 0 radical (unpaired) electrons. The van der Waals surface area contributed by atoms with E-state index < -0.39 is 0 Å². The molecule has 5 heteroatoms. The average Bonchev–Trinajstić information content (AvgIpc) is 2.88. The van der Waals surface area contributed by atoms with Crippen molar-refractivity contribution >= 4 is 34.0 Å². The van der Waals surface area contributed by atoms with Crippen molar-refractivity contribution in [3.63, 3.8) is 0 Å². The molecule has 0 aliphatic heterocycles. The molecule has 20 heavy (non-hydrogen) atoms. The highest BCUT2D eigenvalue weighted by Gasteiger charge is 2.01. The molecule has 100 valence electrons. The lowest BCUT2D eigenvalue weighted by molar-refractivity contribution is 1.21. The first-order valence-electron chi connectivity index (χ1n) is 6.18. The van der Waals surface area contributed by atoms with Gasteiger partial charge in [-0.3, -0.25) is 0 Å². The summed E-state index contributed by atoms with van der Waals surface area (Å²) in [5.41, 5.74) is 1.02. The number of hydrogen-bond donors (Lipinski definition) is 1. The Hall–Kier alpha value is -1.85. The largest absolute Gasteiger partial charge is 0.316 e. The molecule has 3 nitrogen and oxygen atoms in total. The fourth-order valence-corrected chi connectivity index (χ4v) is 3.16. The van der Waals surface area contributed by atoms with E-state index in [4.69, 9.17) is 0 Å². The first kappa shape index (κ1) is 13.1. The zero-order valence-corrected chi connectivity index (χ0v) is 12.5. The summed E-state index contributed by atoms with van der Waals surface area (Å²) in [5.74, 6) is 0.816. The SMILES string of the molecule is Cc1csc(Nc2ccc(Sc3ccccc3)cn2)n1. The van der Waals surface area contributed by atoms with E-state index in [1.54, 1.807) is 23.1 Å². The second kappa shape index (κ2) is 6.07. The zero-order valence-electron chi connectivity index (χ0n) is 10.9. The molecule has 0 aliphatic rings. The standard InChI is InChI=1S/C15H13N3S2/c1-11-10-19-15(17-11)18-14-8-7-13(9-16-14)20-12-5-3-2-4-6-12/h2-10H,1H3,(H,16,17,18). The molecule has 3 aromatic rings. The first-order chi connectivity index (χ1) is 9.79. The Morgan fingerprint density at radius 3 is 2.55 bits per heavy atom. The van der Waals surface area contributed by atoms with Crippen molar-refractivity contribution in [3.8, 4) is 0 Å². The van der Waals surface area contributed by atoms with Crippen molar-refractivity contribution in [1.29, 1.82) is 0 Å². The van der Waals surface area contributed by atoms with Crippen LogP contribution < -0.4 is 5.32 Å². The predicted octanol–water partition coefficient (Wildman–Crippen LogP) is 4.74. The van der Waals surface area contributed by atoms with Crippen LogP contribution >= 0.6 is 23.1 Å². The molecule has 0 spiro atoms. The number of pyridine rings is 1. The van der Waals surface area contributed by atoms with E-state index in [1.807, 2.05) is 42.8 Å². The number of aromatic nitrogens is 2. The lowest BCUT2D eigenvalue weighted by atomic mass is 10.4. The quantitative estimate of drug-likeness (QED) is 0.755. The molecule has 1 N–H and O–H groups in total. The average molecular weight is 299 g/mol. The van der Waals surface area contributed by atoms with Crippen LogP contribution in [0.15, 0.2) is 63.8 Å². The summed E-state index contributed by atoms with van der Waals surface area (Å²) in [4.78, 5) is 11.1. The molecule has 1 aromatic carbocycles. The Labute approximate surface area is 126 Å². The van der Waals surface area contributed by atoms with Crippen LogP contribution in [0.3, 0.4) is 0 Å². The number of hydrogen-bond acceptors (Lipinski definition) is 5. The van der Waals surface area contributed by atoms with Gasteiger partial charge >= 0.3 is 0 Å². The maximum Gasteiger partial charge on any atom is 0.188 e. The topological polar surface area (TPSA) is 37.8 Å². The van der Waals surface area contributed by atoms with E-state index in [1.165, 1.54) is 4.90 Å². The van der Waals surface area contributed by atoms with Crippen LogP contribution in [0.5, 0.6) is 0 Å². The van der Waals surface area contributed by atoms with Gasteiger partial charge in [0.15, 0.2) is 5.13 Å². The molecule has 0 bridgehead atoms. The minimum Gasteiger partial charge on any atom is -0.316 e. The van der Waals surface area contributed by atoms with Crippen LogP contribution in [0.2, 0.25) is 0 Å². The maximum atomic E-state index is 4.41. The Morgan fingerprint density at radius 1 is 1.05 bits per heavy atom. The van der Waals surface area contributed by atoms with Crippen molar-refractivity contribution in [2.75, 3.05) is 5.32 Å². The van der Waals surface area contributed by atoms with Gasteiger partial charge in [0.25, 0.3) is 0 Å². The minimum absolute atomic E-state index is 0.816. The number of aryl methyl sites for hydroxylation is 1. The molecule has 0 aliphatic carbocycles. The van der Waals surface area contributed by atoms with Crippen molar-refractivity contribution in [2.45, 2.75) is 16.7 Å². The molecular formula is C15H13N3S2. The molecule has 0 saturated carbocycles. The van der Waals surface area contributed by atoms with Crippen LogP contribution in [0.4, 0.5) is 10.9 Å². The van der Waals surface area contributed by atoms with Crippen molar-refractivity contribution in [3.05, 3.63) is 59.7 Å². The molecule has 0 atom stereocenters. The van der Waals surface area contributed by atoms with E-state index >= 15 is 0 Å². The van der Waals surface area contributed by atoms with Gasteiger partial charge in [0.2, 0.25) is 0 Å². The summed E-state index contributed by atoms with van der Waals surface area (Å²) in [6.07, 6.45) is 1.88. The normalized spacial score (nSPS) is 10.4. The van der Waals surface area contributed by atoms with Crippen molar-refractivity contribution in [2.24, 2.45) is 0 Å². The van der Waals surface area contributed by atoms with E-state index in [0.717, 1.165) is 21.5 Å². The van der Waals surface area contributed by atoms with Crippen molar-refractivity contribution < 1.29 is 0 Å². The fraction of sp³-hybridized carbons (Fsp3) is 0.0667. The Bertz CT molecular complexity index is 678. The van der Waals surface area contributed by atoms with Gasteiger partial charge in [0.05, 0.1) is 5.69 Å². The molecular weight excluding hydrogens is 286 g/mol. The Balaban J connectivity index is 1.68. The Kier molecular flexibility index (Phi) is 3.99. The third-order valence-electron chi connectivity index (χ3n) is 2.57. The second-order valence-electron chi connectivity index (χ2n) is 4.21. The summed E-state index contributed by atoms with van der Waals surface area (Å²) in [6, 6.07) is 14.3. The molecule has 3 rings (SSSR count). The van der Waals surface area contributed by atoms with Gasteiger partial charge in [0, 0.05) is 21.4 Å². The van der Waals surface area contributed by atoms with Crippen LogP contribution in [-0.2, 0) is 0 Å². The molecule has 0 unspecified atom stereocenters. The first-order valence-corrected chi connectivity index (χ1v) is 7.87. The van der Waals surface area contributed by atoms with Gasteiger partial charge in [0.1, 0.15) is 5.82 Å². The van der Waals surface area contributed by atoms with E-state index in [9.17, 15) is 0 Å². The van der Waals surface area contributed by atoms with E-state index in [-0.39, 0.29) is 0 Å². The third-order valence-corrected chi connectivity index (χ3v) is 4.43. The summed E-state index contributed by atoms with van der Waals surface area (Å²) in [6.45, 7) is 1.98. The number of thiazole rings is 1. The summed E-state index contributed by atoms with van der Waals surface area (Å²) in [5, 5.41) is 6.09. The van der Waals surface area contributed by atoms with Crippen LogP contribution in [0, 0.1) is 6.92 Å². The zero-order chi connectivity index (χ0) is 13.8. The number of benzene rings is 1. The second-order valence-corrected chi connectivity index (χ2v) is 6.22. The lowest BCUT2D eigenvalue weighted by Crippen LogP contribution is -1.92.